The van der Waals surface area contributed by atoms with Gasteiger partial charge in [-0.25, -0.2) is 22.0 Å². The highest BCUT2D eigenvalue weighted by atomic mass is 32.2. The monoisotopic (exact) mass is 319 g/mol. The van der Waals surface area contributed by atoms with Gasteiger partial charge in [0, 0.05) is 11.7 Å². The normalized spacial score (nSPS) is 19.6. The minimum atomic E-state index is -3.89. The molecule has 5 N–H and O–H groups in total. The molecule has 7 nitrogen and oxygen atoms in total. The molecule has 1 heterocycles. The van der Waals surface area contributed by atoms with Gasteiger partial charge in [-0.05, 0) is 31.0 Å². The van der Waals surface area contributed by atoms with Crippen molar-refractivity contribution in [2.45, 2.75) is 23.8 Å². The summed E-state index contributed by atoms with van der Waals surface area (Å²) in [7, 11) is -6.85. The van der Waals surface area contributed by atoms with Crippen LogP contribution in [0.25, 0.3) is 0 Å². The van der Waals surface area contributed by atoms with Gasteiger partial charge in [0.05, 0.1) is 17.2 Å². The predicted molar refractivity (Wildman–Crippen MR) is 77.5 cm³/mol. The molecule has 0 radical (unpaired) electrons. The highest BCUT2D eigenvalue weighted by molar-refractivity contribution is 7.91. The third kappa shape index (κ3) is 3.62. The largest absolute Gasteiger partial charge is 0.399 e. The Balaban J connectivity index is 2.22. The van der Waals surface area contributed by atoms with Crippen molar-refractivity contribution in [1.82, 2.24) is 0 Å². The number of sulfonamides is 1. The third-order valence-electron chi connectivity index (χ3n) is 3.23. The molecular weight excluding hydrogens is 302 g/mol. The number of benzene rings is 1. The number of rotatable bonds is 3. The number of hydrogen-bond acceptors (Lipinski definition) is 6. The highest BCUT2D eigenvalue weighted by Gasteiger charge is 2.25. The number of sulfone groups is 1. The molecule has 112 valence electrons. The molecule has 9 heteroatoms. The van der Waals surface area contributed by atoms with Crippen LogP contribution in [0.4, 0.5) is 11.4 Å². The molecule has 1 aliphatic rings. The lowest BCUT2D eigenvalue weighted by Gasteiger charge is -2.25. The first kappa shape index (κ1) is 15.1. The van der Waals surface area contributed by atoms with Crippen LogP contribution in [-0.4, -0.2) is 34.4 Å². The van der Waals surface area contributed by atoms with Gasteiger partial charge in [-0.2, -0.15) is 0 Å². The maximum atomic E-state index is 11.5. The van der Waals surface area contributed by atoms with E-state index in [1.54, 1.807) is 6.07 Å². The molecule has 1 fully saturated rings. The fourth-order valence-corrected chi connectivity index (χ4v) is 4.37. The molecule has 0 amide bonds. The smallest absolute Gasteiger partial charge is 0.240 e. The third-order valence-corrected chi connectivity index (χ3v) is 5.89. The number of nitrogen functional groups attached to an aromatic ring is 1. The van der Waals surface area contributed by atoms with Crippen molar-refractivity contribution in [3.05, 3.63) is 18.2 Å². The van der Waals surface area contributed by atoms with Crippen LogP contribution >= 0.6 is 0 Å². The van der Waals surface area contributed by atoms with E-state index in [0.717, 1.165) is 0 Å². The van der Waals surface area contributed by atoms with Gasteiger partial charge in [-0.15, -0.1) is 0 Å². The topological polar surface area (TPSA) is 132 Å². The van der Waals surface area contributed by atoms with E-state index in [-0.39, 0.29) is 22.4 Å². The molecule has 0 bridgehead atoms. The Labute approximate surface area is 118 Å². The van der Waals surface area contributed by atoms with E-state index in [9.17, 15) is 16.8 Å². The molecule has 1 saturated heterocycles. The quantitative estimate of drug-likeness (QED) is 0.667. The van der Waals surface area contributed by atoms with Crippen molar-refractivity contribution in [3.8, 4) is 0 Å². The number of hydrogen-bond donors (Lipinski definition) is 3. The van der Waals surface area contributed by atoms with Crippen molar-refractivity contribution in [2.75, 3.05) is 22.6 Å². The summed E-state index contributed by atoms with van der Waals surface area (Å²) in [6.07, 6.45) is 0.882. The van der Waals surface area contributed by atoms with Gasteiger partial charge in [-0.3, -0.25) is 0 Å². The summed E-state index contributed by atoms with van der Waals surface area (Å²) in [4.78, 5) is -0.0778. The zero-order valence-corrected chi connectivity index (χ0v) is 12.4. The molecule has 0 aliphatic carbocycles. The van der Waals surface area contributed by atoms with Crippen molar-refractivity contribution in [1.29, 1.82) is 0 Å². The average molecular weight is 319 g/mol. The molecule has 1 aromatic carbocycles. The Kier molecular flexibility index (Phi) is 3.94. The zero-order valence-electron chi connectivity index (χ0n) is 10.7. The molecule has 20 heavy (non-hydrogen) atoms. The summed E-state index contributed by atoms with van der Waals surface area (Å²) in [6.45, 7) is 0. The molecule has 1 aromatic rings. The van der Waals surface area contributed by atoms with E-state index >= 15 is 0 Å². The second kappa shape index (κ2) is 5.23. The number of anilines is 2. The highest BCUT2D eigenvalue weighted by Crippen LogP contribution is 2.25. The molecule has 1 aliphatic heterocycles. The van der Waals surface area contributed by atoms with E-state index in [4.69, 9.17) is 10.9 Å². The zero-order chi connectivity index (χ0) is 15.0. The maximum absolute atomic E-state index is 11.5. The molecule has 0 spiro atoms. The minimum absolute atomic E-state index is 0.0778. The van der Waals surface area contributed by atoms with Crippen LogP contribution < -0.4 is 16.2 Å². The van der Waals surface area contributed by atoms with Gasteiger partial charge in [0.1, 0.15) is 14.7 Å². The van der Waals surface area contributed by atoms with E-state index in [2.05, 4.69) is 5.32 Å². The fraction of sp³-hybridized carbons (Fsp3) is 0.455. The Morgan fingerprint density at radius 2 is 1.80 bits per heavy atom. The Hall–Kier alpha value is -1.32. The molecule has 0 saturated carbocycles. The van der Waals surface area contributed by atoms with E-state index < -0.39 is 19.9 Å². The summed E-state index contributed by atoms with van der Waals surface area (Å²) in [5.41, 5.74) is 6.22. The number of nitrogens with one attached hydrogen (secondary N) is 1. The van der Waals surface area contributed by atoms with Gasteiger partial charge in [0.2, 0.25) is 10.0 Å². The van der Waals surface area contributed by atoms with Crippen LogP contribution in [0.3, 0.4) is 0 Å². The first-order valence-corrected chi connectivity index (χ1v) is 9.43. The van der Waals surface area contributed by atoms with E-state index in [1.807, 2.05) is 0 Å². The van der Waals surface area contributed by atoms with Crippen LogP contribution in [-0.2, 0) is 19.9 Å². The van der Waals surface area contributed by atoms with Crippen molar-refractivity contribution in [2.24, 2.45) is 5.14 Å². The van der Waals surface area contributed by atoms with Crippen LogP contribution in [0.15, 0.2) is 23.1 Å². The maximum Gasteiger partial charge on any atom is 0.240 e. The second-order valence-corrected chi connectivity index (χ2v) is 8.70. The summed E-state index contributed by atoms with van der Waals surface area (Å²) in [5.74, 6) is 0.203. The fourth-order valence-electron chi connectivity index (χ4n) is 2.15. The van der Waals surface area contributed by atoms with Gasteiger partial charge in [0.25, 0.3) is 0 Å². The summed E-state index contributed by atoms with van der Waals surface area (Å²) < 4.78 is 45.8. The van der Waals surface area contributed by atoms with Crippen LogP contribution in [0.1, 0.15) is 12.8 Å². The Bertz CT molecular complexity index is 699. The lowest BCUT2D eigenvalue weighted by Crippen LogP contribution is -2.32. The second-order valence-electron chi connectivity index (χ2n) is 4.87. The van der Waals surface area contributed by atoms with Crippen LogP contribution in [0.5, 0.6) is 0 Å². The summed E-state index contributed by atoms with van der Waals surface area (Å²) in [5, 5.41) is 8.20. The van der Waals surface area contributed by atoms with Gasteiger partial charge in [-0.1, -0.05) is 0 Å². The SMILES string of the molecule is Nc1ccc(NC2CCS(=O)(=O)CC2)c(S(N)(=O)=O)c1. The molecule has 0 atom stereocenters. The van der Waals surface area contributed by atoms with E-state index in [0.29, 0.717) is 24.2 Å². The molecular formula is C11H17N3O4S2. The molecule has 0 unspecified atom stereocenters. The first-order chi connectivity index (χ1) is 9.17. The van der Waals surface area contributed by atoms with E-state index in [1.165, 1.54) is 12.1 Å². The first-order valence-electron chi connectivity index (χ1n) is 6.07. The Morgan fingerprint density at radius 3 is 2.35 bits per heavy atom. The molecule has 0 aromatic heterocycles. The van der Waals surface area contributed by atoms with Crippen LogP contribution in [0.2, 0.25) is 0 Å². The minimum Gasteiger partial charge on any atom is -0.399 e. The number of nitrogens with two attached hydrogens (primary N) is 2. The van der Waals surface area contributed by atoms with Crippen molar-refractivity contribution >= 4 is 31.2 Å². The standard InChI is InChI=1S/C11H17N3O4S2/c12-8-1-2-10(11(7-8)20(13,17)18)14-9-3-5-19(15,16)6-4-9/h1-2,7,9,14H,3-6,12H2,(H2,13,17,18). The summed E-state index contributed by atoms with van der Waals surface area (Å²) in [6, 6.07) is 4.30. The summed E-state index contributed by atoms with van der Waals surface area (Å²) >= 11 is 0. The predicted octanol–water partition coefficient (Wildman–Crippen LogP) is -0.0947. The Morgan fingerprint density at radius 1 is 1.20 bits per heavy atom. The van der Waals surface area contributed by atoms with Crippen molar-refractivity contribution in [3.63, 3.8) is 0 Å². The average Bonchev–Trinajstić information content (AvgIpc) is 2.33. The lowest BCUT2D eigenvalue weighted by molar-refractivity contribution is 0.558. The van der Waals surface area contributed by atoms with Gasteiger partial charge in [0.15, 0.2) is 0 Å². The number of primary sulfonamides is 1. The molecule has 2 rings (SSSR count). The van der Waals surface area contributed by atoms with Crippen LogP contribution in [0, 0.1) is 0 Å². The van der Waals surface area contributed by atoms with Gasteiger partial charge < -0.3 is 11.1 Å². The van der Waals surface area contributed by atoms with Crippen molar-refractivity contribution < 1.29 is 16.8 Å². The lowest BCUT2D eigenvalue weighted by atomic mass is 10.1. The van der Waals surface area contributed by atoms with Gasteiger partial charge >= 0.3 is 0 Å².